The Morgan fingerprint density at radius 3 is 2.14 bits per heavy atom. The highest BCUT2D eigenvalue weighted by molar-refractivity contribution is 5.96. The van der Waals surface area contributed by atoms with Gasteiger partial charge in [0.25, 0.3) is 5.91 Å². The number of hydrogen-bond donors (Lipinski definition) is 3. The Kier molecular flexibility index (Phi) is 8.21. The molecule has 2 aliphatic rings. The summed E-state index contributed by atoms with van der Waals surface area (Å²) in [5.74, 6) is -0.127. The van der Waals surface area contributed by atoms with Gasteiger partial charge >= 0.3 is 6.09 Å². The van der Waals surface area contributed by atoms with Crippen molar-refractivity contribution in [2.45, 2.75) is 53.5 Å². The zero-order chi connectivity index (χ0) is 26.5. The molecule has 7 heteroatoms. The fraction of sp³-hybridized carbons (Fsp3) is 0.400. The standard InChI is InChI=1S/C30H38N4O3/c1-6-37-30(36)32-25-7-9-34(10-8-25)28-26(23-13-19(2)11-20(3)14-23)17-31-18-27(28)33-29(35)24-15-21(4)12-22(5)16-24/h11-16,18,25,31H,6-10,17H2,1-5H3,(H,32,36)(H,33,35). The summed E-state index contributed by atoms with van der Waals surface area (Å²) in [6.45, 7) is 12.6. The Bertz CT molecular complexity index is 1200. The number of carbonyl (C=O) groups excluding carboxylic acids is 2. The smallest absolute Gasteiger partial charge is 0.407 e. The van der Waals surface area contributed by atoms with Gasteiger partial charge in [-0.3, -0.25) is 4.79 Å². The highest BCUT2D eigenvalue weighted by atomic mass is 16.5. The summed E-state index contributed by atoms with van der Waals surface area (Å²) in [5.41, 5.74) is 9.28. The Morgan fingerprint density at radius 2 is 1.54 bits per heavy atom. The zero-order valence-corrected chi connectivity index (χ0v) is 22.5. The first kappa shape index (κ1) is 26.3. The van der Waals surface area contributed by atoms with E-state index in [2.05, 4.69) is 59.0 Å². The van der Waals surface area contributed by atoms with Gasteiger partial charge in [-0.2, -0.15) is 0 Å². The molecule has 1 fully saturated rings. The van der Waals surface area contributed by atoms with Crippen molar-refractivity contribution in [3.63, 3.8) is 0 Å². The summed E-state index contributed by atoms with van der Waals surface area (Å²) in [6.07, 6.45) is 3.15. The summed E-state index contributed by atoms with van der Waals surface area (Å²) in [4.78, 5) is 27.6. The van der Waals surface area contributed by atoms with Gasteiger partial charge in [0, 0.05) is 43.0 Å². The van der Waals surface area contributed by atoms with Crippen LogP contribution in [0, 0.1) is 27.7 Å². The van der Waals surface area contributed by atoms with E-state index in [0.717, 1.165) is 59.6 Å². The monoisotopic (exact) mass is 502 g/mol. The number of rotatable bonds is 6. The number of nitrogens with one attached hydrogen (secondary N) is 3. The number of aryl methyl sites for hydroxylation is 4. The quantitative estimate of drug-likeness (QED) is 0.533. The summed E-state index contributed by atoms with van der Waals surface area (Å²) in [5, 5.41) is 9.56. The van der Waals surface area contributed by atoms with Crippen LogP contribution in [-0.2, 0) is 4.74 Å². The number of carbonyl (C=O) groups is 2. The number of ether oxygens (including phenoxy) is 1. The molecule has 0 atom stereocenters. The van der Waals surface area contributed by atoms with Crippen LogP contribution in [0.2, 0.25) is 0 Å². The van der Waals surface area contributed by atoms with Crippen molar-refractivity contribution < 1.29 is 14.3 Å². The highest BCUT2D eigenvalue weighted by Gasteiger charge is 2.29. The molecule has 0 aliphatic carbocycles. The summed E-state index contributed by atoms with van der Waals surface area (Å²) in [6, 6.07) is 12.5. The van der Waals surface area contributed by atoms with Crippen molar-refractivity contribution >= 4 is 17.6 Å². The molecule has 7 nitrogen and oxygen atoms in total. The first-order valence-corrected chi connectivity index (χ1v) is 13.1. The lowest BCUT2D eigenvalue weighted by Crippen LogP contribution is -2.46. The second-order valence-corrected chi connectivity index (χ2v) is 10.1. The van der Waals surface area contributed by atoms with E-state index < -0.39 is 0 Å². The SMILES string of the molecule is CCOC(=O)NC1CCN(C2=C(c3cc(C)cc(C)c3)CNC=C2NC(=O)c2cc(C)cc(C)c2)CC1. The molecule has 2 aromatic carbocycles. The lowest BCUT2D eigenvalue weighted by Gasteiger charge is -2.38. The van der Waals surface area contributed by atoms with Gasteiger partial charge in [-0.1, -0.05) is 46.5 Å². The Labute approximate surface area is 220 Å². The van der Waals surface area contributed by atoms with E-state index in [1.54, 1.807) is 6.92 Å². The number of amides is 2. The molecular formula is C30H38N4O3. The van der Waals surface area contributed by atoms with Gasteiger partial charge in [0.15, 0.2) is 0 Å². The third-order valence-electron chi connectivity index (χ3n) is 6.78. The maximum Gasteiger partial charge on any atom is 0.407 e. The van der Waals surface area contributed by atoms with Gasteiger partial charge in [-0.15, -0.1) is 0 Å². The zero-order valence-electron chi connectivity index (χ0n) is 22.5. The van der Waals surface area contributed by atoms with Crippen LogP contribution in [0.5, 0.6) is 0 Å². The van der Waals surface area contributed by atoms with Crippen LogP contribution < -0.4 is 16.0 Å². The van der Waals surface area contributed by atoms with Crippen LogP contribution in [0.25, 0.3) is 5.57 Å². The Morgan fingerprint density at radius 1 is 0.946 bits per heavy atom. The second-order valence-electron chi connectivity index (χ2n) is 10.1. The fourth-order valence-corrected chi connectivity index (χ4v) is 5.30. The van der Waals surface area contributed by atoms with Crippen molar-refractivity contribution in [1.29, 1.82) is 0 Å². The molecule has 2 aromatic rings. The summed E-state index contributed by atoms with van der Waals surface area (Å²) in [7, 11) is 0. The number of hydrogen-bond acceptors (Lipinski definition) is 5. The maximum atomic E-state index is 13.3. The number of benzene rings is 2. The van der Waals surface area contributed by atoms with E-state index in [0.29, 0.717) is 18.7 Å². The molecule has 0 aromatic heterocycles. The van der Waals surface area contributed by atoms with Crippen molar-refractivity contribution in [2.24, 2.45) is 0 Å². The summed E-state index contributed by atoms with van der Waals surface area (Å²) >= 11 is 0. The van der Waals surface area contributed by atoms with Crippen LogP contribution in [-0.4, -0.2) is 49.2 Å². The molecule has 1 saturated heterocycles. The minimum atomic E-state index is -0.362. The van der Waals surface area contributed by atoms with Crippen LogP contribution in [0.1, 0.15) is 57.9 Å². The molecular weight excluding hydrogens is 464 g/mol. The van der Waals surface area contributed by atoms with E-state index in [-0.39, 0.29) is 18.0 Å². The number of likely N-dealkylation sites (tertiary alicyclic amines) is 1. The molecule has 0 radical (unpaired) electrons. The van der Waals surface area contributed by atoms with Crippen LogP contribution in [0.4, 0.5) is 4.79 Å². The molecule has 0 saturated carbocycles. The Balaban J connectivity index is 1.64. The highest BCUT2D eigenvalue weighted by Crippen LogP contribution is 2.31. The molecule has 0 bridgehead atoms. The molecule has 0 spiro atoms. The number of alkyl carbamates (subject to hydrolysis) is 1. The van der Waals surface area contributed by atoms with Crippen molar-refractivity contribution in [2.75, 3.05) is 26.2 Å². The number of piperidine rings is 1. The van der Waals surface area contributed by atoms with E-state index in [1.807, 2.05) is 32.2 Å². The second kappa shape index (κ2) is 11.5. The molecule has 2 heterocycles. The van der Waals surface area contributed by atoms with Crippen LogP contribution >= 0.6 is 0 Å². The molecule has 2 aliphatic heterocycles. The largest absolute Gasteiger partial charge is 0.450 e. The van der Waals surface area contributed by atoms with Crippen LogP contribution in [0.3, 0.4) is 0 Å². The first-order chi connectivity index (χ1) is 17.7. The fourth-order valence-electron chi connectivity index (χ4n) is 5.30. The van der Waals surface area contributed by atoms with Crippen molar-refractivity contribution in [1.82, 2.24) is 20.9 Å². The van der Waals surface area contributed by atoms with Gasteiger partial charge < -0.3 is 25.6 Å². The third kappa shape index (κ3) is 6.53. The van der Waals surface area contributed by atoms with E-state index in [9.17, 15) is 9.59 Å². The van der Waals surface area contributed by atoms with Crippen molar-refractivity contribution in [3.8, 4) is 0 Å². The lowest BCUT2D eigenvalue weighted by atomic mass is 9.94. The minimum Gasteiger partial charge on any atom is -0.450 e. The van der Waals surface area contributed by atoms with Gasteiger partial charge in [-0.25, -0.2) is 4.79 Å². The third-order valence-corrected chi connectivity index (χ3v) is 6.78. The number of nitrogens with zero attached hydrogens (tertiary/aromatic N) is 1. The molecule has 37 heavy (non-hydrogen) atoms. The van der Waals surface area contributed by atoms with Gasteiger partial charge in [-0.05, 0) is 65.2 Å². The van der Waals surface area contributed by atoms with E-state index in [1.165, 1.54) is 11.1 Å². The van der Waals surface area contributed by atoms with E-state index >= 15 is 0 Å². The molecule has 3 N–H and O–H groups in total. The van der Waals surface area contributed by atoms with Gasteiger partial charge in [0.2, 0.25) is 0 Å². The average molecular weight is 503 g/mol. The van der Waals surface area contributed by atoms with E-state index in [4.69, 9.17) is 4.74 Å². The maximum absolute atomic E-state index is 13.3. The molecule has 0 unspecified atom stereocenters. The topological polar surface area (TPSA) is 82.7 Å². The first-order valence-electron chi connectivity index (χ1n) is 13.1. The lowest BCUT2D eigenvalue weighted by molar-refractivity contribution is 0.0963. The Hall–Kier alpha value is -3.74. The average Bonchev–Trinajstić information content (AvgIpc) is 2.83. The summed E-state index contributed by atoms with van der Waals surface area (Å²) < 4.78 is 5.07. The number of dihydropyridines is 1. The van der Waals surface area contributed by atoms with Crippen molar-refractivity contribution in [3.05, 3.63) is 87.4 Å². The molecule has 4 rings (SSSR count). The normalized spacial score (nSPS) is 16.1. The predicted molar refractivity (Wildman–Crippen MR) is 147 cm³/mol. The predicted octanol–water partition coefficient (Wildman–Crippen LogP) is 4.72. The molecule has 2 amide bonds. The minimum absolute atomic E-state index is 0.0690. The van der Waals surface area contributed by atoms with Gasteiger partial charge in [0.1, 0.15) is 0 Å². The molecule has 196 valence electrons. The van der Waals surface area contributed by atoms with Gasteiger partial charge in [0.05, 0.1) is 18.0 Å². The van der Waals surface area contributed by atoms with Crippen LogP contribution in [0.15, 0.2) is 54.0 Å².